The van der Waals surface area contributed by atoms with Gasteiger partial charge in [0.05, 0.1) is 7.11 Å². The predicted molar refractivity (Wildman–Crippen MR) is 128 cm³/mol. The number of unbranched alkanes of at least 4 members (excludes halogenated alkanes) is 16. The summed E-state index contributed by atoms with van der Waals surface area (Å²) in [4.78, 5) is 11.0. The topological polar surface area (TPSA) is 26.3 Å². The Labute approximate surface area is 182 Å². The van der Waals surface area contributed by atoms with Gasteiger partial charge in [0.1, 0.15) is 0 Å². The van der Waals surface area contributed by atoms with Crippen LogP contribution < -0.4 is 0 Å². The molecule has 0 aliphatic heterocycles. The van der Waals surface area contributed by atoms with E-state index in [9.17, 15) is 4.79 Å². The van der Waals surface area contributed by atoms with Gasteiger partial charge in [-0.25, -0.2) is 0 Å². The average molecular weight is 407 g/mol. The lowest BCUT2D eigenvalue weighted by molar-refractivity contribution is -0.140. The van der Waals surface area contributed by atoms with E-state index in [4.69, 9.17) is 0 Å². The smallest absolute Gasteiger partial charge is 0.305 e. The Balaban J connectivity index is 3.15. The molecule has 170 valence electrons. The minimum atomic E-state index is -0.0754. The summed E-state index contributed by atoms with van der Waals surface area (Å²) in [6.07, 6.45) is 34.9. The first kappa shape index (κ1) is 27.9. The van der Waals surface area contributed by atoms with Gasteiger partial charge >= 0.3 is 5.97 Å². The van der Waals surface area contributed by atoms with Gasteiger partial charge in [-0.1, -0.05) is 95.4 Å². The maximum absolute atomic E-state index is 11.0. The molecule has 2 nitrogen and oxygen atoms in total. The van der Waals surface area contributed by atoms with Crippen molar-refractivity contribution in [3.05, 3.63) is 24.3 Å². The Morgan fingerprint density at radius 3 is 1.28 bits per heavy atom. The molecule has 0 unspecified atom stereocenters. The number of rotatable bonds is 22. The van der Waals surface area contributed by atoms with E-state index in [1.165, 1.54) is 116 Å². The maximum atomic E-state index is 11.0. The van der Waals surface area contributed by atoms with Crippen LogP contribution in [0.25, 0.3) is 0 Å². The molecule has 0 aliphatic carbocycles. The van der Waals surface area contributed by atoms with E-state index in [1.807, 2.05) is 0 Å². The van der Waals surface area contributed by atoms with Crippen molar-refractivity contribution in [3.8, 4) is 0 Å². The predicted octanol–water partition coefficient (Wildman–Crippen LogP) is 9.09. The third-order valence-electron chi connectivity index (χ3n) is 5.53. The third-order valence-corrected chi connectivity index (χ3v) is 5.53. The molecule has 0 saturated carbocycles. The van der Waals surface area contributed by atoms with Crippen LogP contribution in [0.3, 0.4) is 0 Å². The fraction of sp³-hybridized carbons (Fsp3) is 0.815. The molecular weight excluding hydrogens is 356 g/mol. The van der Waals surface area contributed by atoms with E-state index in [2.05, 4.69) is 36.0 Å². The number of carbonyl (C=O) groups excluding carboxylic acids is 1. The van der Waals surface area contributed by atoms with Crippen molar-refractivity contribution < 1.29 is 9.53 Å². The zero-order valence-electron chi connectivity index (χ0n) is 19.8. The van der Waals surface area contributed by atoms with Gasteiger partial charge in [-0.3, -0.25) is 4.79 Å². The molecule has 0 spiro atoms. The fourth-order valence-corrected chi connectivity index (χ4v) is 3.56. The van der Waals surface area contributed by atoms with E-state index in [1.54, 1.807) is 0 Å². The maximum Gasteiger partial charge on any atom is 0.305 e. The lowest BCUT2D eigenvalue weighted by Crippen LogP contribution is -1.98. The van der Waals surface area contributed by atoms with Crippen LogP contribution >= 0.6 is 0 Å². The van der Waals surface area contributed by atoms with Crippen molar-refractivity contribution >= 4 is 5.97 Å². The molecule has 29 heavy (non-hydrogen) atoms. The molecule has 0 aliphatic rings. The summed E-state index contributed by atoms with van der Waals surface area (Å²) in [5, 5.41) is 0. The molecule has 0 aromatic carbocycles. The first-order chi connectivity index (χ1) is 14.3. The van der Waals surface area contributed by atoms with Gasteiger partial charge < -0.3 is 4.74 Å². The number of carbonyl (C=O) groups is 1. The minimum absolute atomic E-state index is 0.0754. The van der Waals surface area contributed by atoms with Gasteiger partial charge in [0, 0.05) is 6.42 Å². The molecule has 0 aromatic heterocycles. The second kappa shape index (κ2) is 25.0. The number of hydrogen-bond acceptors (Lipinski definition) is 2. The standard InChI is InChI=1S/C27H50O2/c1-3-4-5-6-7-8-9-10-11-12-13-14-15-16-17-18-19-20-21-22-23-24-25-26-27(28)29-2/h8-9,18-19H,3-7,10-17,20-26H2,1-2H3. The normalized spacial score (nSPS) is 11.7. The first-order valence-corrected chi connectivity index (χ1v) is 12.7. The highest BCUT2D eigenvalue weighted by Crippen LogP contribution is 2.11. The second-order valence-electron chi connectivity index (χ2n) is 8.37. The quantitative estimate of drug-likeness (QED) is 0.102. The first-order valence-electron chi connectivity index (χ1n) is 12.7. The van der Waals surface area contributed by atoms with Gasteiger partial charge in [-0.05, 0) is 57.8 Å². The van der Waals surface area contributed by atoms with Crippen molar-refractivity contribution in [1.29, 1.82) is 0 Å². The molecule has 0 amide bonds. The largest absolute Gasteiger partial charge is 0.469 e. The van der Waals surface area contributed by atoms with Crippen molar-refractivity contribution in [2.45, 2.75) is 135 Å². The van der Waals surface area contributed by atoms with E-state index >= 15 is 0 Å². The van der Waals surface area contributed by atoms with Gasteiger partial charge in [-0.2, -0.15) is 0 Å². The van der Waals surface area contributed by atoms with Crippen LogP contribution in [0.5, 0.6) is 0 Å². The molecule has 0 heterocycles. The van der Waals surface area contributed by atoms with Gasteiger partial charge in [0.25, 0.3) is 0 Å². The molecule has 0 rings (SSSR count). The van der Waals surface area contributed by atoms with E-state index in [0.29, 0.717) is 6.42 Å². The van der Waals surface area contributed by atoms with Crippen molar-refractivity contribution in [2.24, 2.45) is 0 Å². The SMILES string of the molecule is CCCCCCC=CCCCCCCCCC=CCCCCCCCC(=O)OC. The Hall–Kier alpha value is -1.05. The molecule has 0 radical (unpaired) electrons. The highest BCUT2D eigenvalue weighted by atomic mass is 16.5. The van der Waals surface area contributed by atoms with Crippen molar-refractivity contribution in [2.75, 3.05) is 7.11 Å². The number of esters is 1. The lowest BCUT2D eigenvalue weighted by Gasteiger charge is -2.00. The highest BCUT2D eigenvalue weighted by molar-refractivity contribution is 5.68. The Morgan fingerprint density at radius 1 is 0.552 bits per heavy atom. The Bertz CT molecular complexity index is 384. The van der Waals surface area contributed by atoms with Crippen molar-refractivity contribution in [3.63, 3.8) is 0 Å². The summed E-state index contributed by atoms with van der Waals surface area (Å²) in [6, 6.07) is 0. The van der Waals surface area contributed by atoms with Crippen LogP contribution in [0.15, 0.2) is 24.3 Å². The van der Waals surface area contributed by atoms with Gasteiger partial charge in [-0.15, -0.1) is 0 Å². The molecular formula is C27H50O2. The number of methoxy groups -OCH3 is 1. The fourth-order valence-electron chi connectivity index (χ4n) is 3.56. The average Bonchev–Trinajstić information content (AvgIpc) is 2.74. The van der Waals surface area contributed by atoms with Gasteiger partial charge in [0.15, 0.2) is 0 Å². The monoisotopic (exact) mass is 406 g/mol. The van der Waals surface area contributed by atoms with Crippen LogP contribution in [0.4, 0.5) is 0 Å². The lowest BCUT2D eigenvalue weighted by atomic mass is 10.1. The molecule has 0 fully saturated rings. The molecule has 0 aromatic rings. The second-order valence-corrected chi connectivity index (χ2v) is 8.37. The molecule has 0 atom stereocenters. The van der Waals surface area contributed by atoms with Crippen LogP contribution in [0.2, 0.25) is 0 Å². The summed E-state index contributed by atoms with van der Waals surface area (Å²) in [6.45, 7) is 2.27. The summed E-state index contributed by atoms with van der Waals surface area (Å²) in [5.41, 5.74) is 0. The third kappa shape index (κ3) is 24.9. The van der Waals surface area contributed by atoms with Crippen LogP contribution in [-0.2, 0) is 9.53 Å². The Morgan fingerprint density at radius 2 is 0.897 bits per heavy atom. The number of allylic oxidation sites excluding steroid dienone is 4. The number of ether oxygens (including phenoxy) is 1. The van der Waals surface area contributed by atoms with E-state index in [-0.39, 0.29) is 5.97 Å². The summed E-state index contributed by atoms with van der Waals surface area (Å²) >= 11 is 0. The van der Waals surface area contributed by atoms with Crippen LogP contribution in [-0.4, -0.2) is 13.1 Å². The molecule has 0 bridgehead atoms. The molecule has 0 saturated heterocycles. The van der Waals surface area contributed by atoms with E-state index < -0.39 is 0 Å². The summed E-state index contributed by atoms with van der Waals surface area (Å²) in [5.74, 6) is -0.0754. The van der Waals surface area contributed by atoms with Crippen LogP contribution in [0, 0.1) is 0 Å². The van der Waals surface area contributed by atoms with Crippen molar-refractivity contribution in [1.82, 2.24) is 0 Å². The minimum Gasteiger partial charge on any atom is -0.469 e. The molecule has 2 heteroatoms. The summed E-state index contributed by atoms with van der Waals surface area (Å²) < 4.78 is 4.65. The molecule has 0 N–H and O–H groups in total. The zero-order chi connectivity index (χ0) is 21.3. The van der Waals surface area contributed by atoms with Gasteiger partial charge in [0.2, 0.25) is 0 Å². The highest BCUT2D eigenvalue weighted by Gasteiger charge is 1.98. The van der Waals surface area contributed by atoms with Crippen LogP contribution in [0.1, 0.15) is 135 Å². The zero-order valence-corrected chi connectivity index (χ0v) is 19.8. The number of hydrogen-bond donors (Lipinski definition) is 0. The Kier molecular flexibility index (Phi) is 24.1. The van der Waals surface area contributed by atoms with E-state index in [0.717, 1.165) is 12.8 Å². The summed E-state index contributed by atoms with van der Waals surface area (Å²) in [7, 11) is 1.46.